The van der Waals surface area contributed by atoms with Crippen LogP contribution in [0.15, 0.2) is 10.5 Å². The zero-order chi connectivity index (χ0) is 15.7. The summed E-state index contributed by atoms with van der Waals surface area (Å²) in [6.07, 6.45) is 0. The molecule has 0 unspecified atom stereocenters. The first-order chi connectivity index (χ1) is 9.67. The average molecular weight is 294 g/mol. The van der Waals surface area contributed by atoms with E-state index in [2.05, 4.69) is 50.9 Å². The van der Waals surface area contributed by atoms with Gasteiger partial charge in [0.15, 0.2) is 0 Å². The van der Waals surface area contributed by atoms with E-state index >= 15 is 0 Å². The molecule has 2 rings (SSSR count). The van der Waals surface area contributed by atoms with E-state index in [0.717, 1.165) is 44.4 Å². The van der Waals surface area contributed by atoms with Crippen LogP contribution in [0.5, 0.6) is 0 Å². The SMILES string of the molecule is Cc1oc(CN2CCOCC2(C)C)cc1CNC(C)(C)C. The van der Waals surface area contributed by atoms with Crippen LogP contribution in [0.3, 0.4) is 0 Å². The fourth-order valence-corrected chi connectivity index (χ4v) is 2.57. The molecule has 0 radical (unpaired) electrons. The summed E-state index contributed by atoms with van der Waals surface area (Å²) in [5, 5.41) is 3.52. The molecule has 1 aliphatic rings. The molecule has 1 aromatic rings. The second-order valence-electron chi connectivity index (χ2n) is 7.68. The summed E-state index contributed by atoms with van der Waals surface area (Å²) >= 11 is 0. The highest BCUT2D eigenvalue weighted by molar-refractivity contribution is 5.21. The molecule has 1 fully saturated rings. The first-order valence-corrected chi connectivity index (χ1v) is 7.83. The van der Waals surface area contributed by atoms with E-state index in [9.17, 15) is 0 Å². The maximum atomic E-state index is 5.95. The molecule has 4 heteroatoms. The number of morpholine rings is 1. The standard InChI is InChI=1S/C17H30N2O2/c1-13-14(10-18-16(2,3)4)9-15(21-13)11-19-7-8-20-12-17(19,5)6/h9,18H,7-8,10-12H2,1-6H3. The van der Waals surface area contributed by atoms with E-state index in [1.807, 2.05) is 6.92 Å². The Morgan fingerprint density at radius 1 is 1.33 bits per heavy atom. The van der Waals surface area contributed by atoms with Gasteiger partial charge in [0.1, 0.15) is 11.5 Å². The van der Waals surface area contributed by atoms with E-state index in [-0.39, 0.29) is 11.1 Å². The Morgan fingerprint density at radius 2 is 2.05 bits per heavy atom. The Morgan fingerprint density at radius 3 is 2.67 bits per heavy atom. The molecule has 0 aromatic carbocycles. The lowest BCUT2D eigenvalue weighted by Gasteiger charge is -2.41. The molecular weight excluding hydrogens is 264 g/mol. The van der Waals surface area contributed by atoms with Crippen molar-refractivity contribution in [2.45, 2.75) is 65.7 Å². The van der Waals surface area contributed by atoms with Gasteiger partial charge in [-0.2, -0.15) is 0 Å². The third-order valence-electron chi connectivity index (χ3n) is 4.04. The molecule has 0 spiro atoms. The summed E-state index contributed by atoms with van der Waals surface area (Å²) in [5.74, 6) is 2.07. The first kappa shape index (κ1) is 16.5. The van der Waals surface area contributed by atoms with E-state index in [1.165, 1.54) is 5.56 Å². The summed E-state index contributed by atoms with van der Waals surface area (Å²) in [6.45, 7) is 17.3. The van der Waals surface area contributed by atoms with Gasteiger partial charge >= 0.3 is 0 Å². The Labute approximate surface area is 128 Å². The maximum Gasteiger partial charge on any atom is 0.118 e. The molecule has 0 aliphatic carbocycles. The summed E-state index contributed by atoms with van der Waals surface area (Å²) in [5.41, 5.74) is 1.45. The molecular formula is C17H30N2O2. The topological polar surface area (TPSA) is 37.6 Å². The van der Waals surface area contributed by atoms with E-state index < -0.39 is 0 Å². The number of hydrogen-bond acceptors (Lipinski definition) is 4. The molecule has 0 bridgehead atoms. The van der Waals surface area contributed by atoms with Crippen LogP contribution in [0.4, 0.5) is 0 Å². The Kier molecular flexibility index (Phi) is 4.81. The fourth-order valence-electron chi connectivity index (χ4n) is 2.57. The number of nitrogens with zero attached hydrogens (tertiary/aromatic N) is 1. The number of aryl methyl sites for hydroxylation is 1. The van der Waals surface area contributed by atoms with Gasteiger partial charge in [-0.25, -0.2) is 0 Å². The molecule has 2 heterocycles. The fraction of sp³-hybridized carbons (Fsp3) is 0.765. The number of ether oxygens (including phenoxy) is 1. The first-order valence-electron chi connectivity index (χ1n) is 7.83. The van der Waals surface area contributed by atoms with Gasteiger partial charge in [-0.3, -0.25) is 4.90 Å². The van der Waals surface area contributed by atoms with Gasteiger partial charge < -0.3 is 14.5 Å². The second-order valence-corrected chi connectivity index (χ2v) is 7.68. The van der Waals surface area contributed by atoms with Crippen molar-refractivity contribution in [3.05, 3.63) is 23.2 Å². The highest BCUT2D eigenvalue weighted by Crippen LogP contribution is 2.24. The summed E-state index contributed by atoms with van der Waals surface area (Å²) in [6, 6.07) is 2.19. The Bertz CT molecular complexity index is 472. The predicted molar refractivity (Wildman–Crippen MR) is 85.3 cm³/mol. The van der Waals surface area contributed by atoms with Crippen LogP contribution in [0.25, 0.3) is 0 Å². The summed E-state index contributed by atoms with van der Waals surface area (Å²) in [4.78, 5) is 2.44. The van der Waals surface area contributed by atoms with Gasteiger partial charge in [0.25, 0.3) is 0 Å². The Balaban J connectivity index is 2.01. The van der Waals surface area contributed by atoms with Gasteiger partial charge in [-0.1, -0.05) is 0 Å². The van der Waals surface area contributed by atoms with Gasteiger partial charge in [0.2, 0.25) is 0 Å². The zero-order valence-electron chi connectivity index (χ0n) is 14.4. The van der Waals surface area contributed by atoms with E-state index in [4.69, 9.17) is 9.15 Å². The van der Waals surface area contributed by atoms with E-state index in [0.29, 0.717) is 0 Å². The Hall–Kier alpha value is -0.840. The van der Waals surface area contributed by atoms with Gasteiger partial charge in [0.05, 0.1) is 19.8 Å². The third kappa shape index (κ3) is 4.56. The molecule has 1 aromatic heterocycles. The summed E-state index contributed by atoms with van der Waals surface area (Å²) < 4.78 is 11.5. The van der Waals surface area contributed by atoms with Gasteiger partial charge in [0, 0.05) is 29.7 Å². The van der Waals surface area contributed by atoms with Crippen molar-refractivity contribution in [3.8, 4) is 0 Å². The largest absolute Gasteiger partial charge is 0.465 e. The molecule has 4 nitrogen and oxygen atoms in total. The number of nitrogens with one attached hydrogen (secondary N) is 1. The average Bonchev–Trinajstić information content (AvgIpc) is 2.69. The van der Waals surface area contributed by atoms with Crippen LogP contribution in [0, 0.1) is 6.92 Å². The minimum Gasteiger partial charge on any atom is -0.465 e. The van der Waals surface area contributed by atoms with Crippen LogP contribution >= 0.6 is 0 Å². The quantitative estimate of drug-likeness (QED) is 0.926. The third-order valence-corrected chi connectivity index (χ3v) is 4.04. The minimum absolute atomic E-state index is 0.0722. The normalized spacial score (nSPS) is 19.9. The minimum atomic E-state index is 0.0722. The van der Waals surface area contributed by atoms with Crippen LogP contribution in [0.2, 0.25) is 0 Å². The van der Waals surface area contributed by atoms with Crippen molar-refractivity contribution >= 4 is 0 Å². The molecule has 21 heavy (non-hydrogen) atoms. The van der Waals surface area contributed by atoms with E-state index in [1.54, 1.807) is 0 Å². The van der Waals surface area contributed by atoms with Crippen molar-refractivity contribution in [3.63, 3.8) is 0 Å². The molecule has 1 N–H and O–H groups in total. The monoisotopic (exact) mass is 294 g/mol. The number of rotatable bonds is 4. The van der Waals surface area contributed by atoms with Crippen LogP contribution in [-0.2, 0) is 17.8 Å². The molecule has 1 saturated heterocycles. The molecule has 1 aliphatic heterocycles. The predicted octanol–water partition coefficient (Wildman–Crippen LogP) is 3.09. The smallest absolute Gasteiger partial charge is 0.118 e. The lowest BCUT2D eigenvalue weighted by atomic mass is 10.0. The lowest BCUT2D eigenvalue weighted by molar-refractivity contribution is -0.0577. The van der Waals surface area contributed by atoms with Crippen molar-refractivity contribution in [1.29, 1.82) is 0 Å². The van der Waals surface area contributed by atoms with Crippen LogP contribution in [0.1, 0.15) is 51.7 Å². The van der Waals surface area contributed by atoms with Crippen molar-refractivity contribution < 1.29 is 9.15 Å². The van der Waals surface area contributed by atoms with Crippen LogP contribution < -0.4 is 5.32 Å². The zero-order valence-corrected chi connectivity index (χ0v) is 14.4. The van der Waals surface area contributed by atoms with Crippen LogP contribution in [-0.4, -0.2) is 35.7 Å². The van der Waals surface area contributed by atoms with Crippen molar-refractivity contribution in [2.75, 3.05) is 19.8 Å². The second kappa shape index (κ2) is 6.11. The van der Waals surface area contributed by atoms with Crippen molar-refractivity contribution in [2.24, 2.45) is 0 Å². The molecule has 0 saturated carbocycles. The van der Waals surface area contributed by atoms with Gasteiger partial charge in [-0.05, 0) is 47.6 Å². The summed E-state index contributed by atoms with van der Waals surface area (Å²) in [7, 11) is 0. The molecule has 120 valence electrons. The van der Waals surface area contributed by atoms with Gasteiger partial charge in [-0.15, -0.1) is 0 Å². The maximum absolute atomic E-state index is 5.95. The van der Waals surface area contributed by atoms with Crippen molar-refractivity contribution in [1.82, 2.24) is 10.2 Å². The molecule has 0 amide bonds. The highest BCUT2D eigenvalue weighted by Gasteiger charge is 2.31. The lowest BCUT2D eigenvalue weighted by Crippen LogP contribution is -2.52. The highest BCUT2D eigenvalue weighted by atomic mass is 16.5. The number of hydrogen-bond donors (Lipinski definition) is 1. The number of furan rings is 1. The molecule has 0 atom stereocenters.